The number of nitrogens with one attached hydrogen (secondary N) is 1. The van der Waals surface area contributed by atoms with E-state index in [2.05, 4.69) is 43.1 Å². The van der Waals surface area contributed by atoms with E-state index in [1.165, 1.54) is 19.3 Å². The molecule has 1 N–H and O–H groups in total. The fourth-order valence-electron chi connectivity index (χ4n) is 1.48. The highest BCUT2D eigenvalue weighted by Crippen LogP contribution is 2.02. The molecule has 0 saturated carbocycles. The largest absolute Gasteiger partial charge is 0.314 e. The smallest absolute Gasteiger partial charge is 0.0103 e. The average molecular weight is 210 g/mol. The molecule has 0 amide bonds. The fourth-order valence-corrected chi connectivity index (χ4v) is 1.48. The van der Waals surface area contributed by atoms with Crippen LogP contribution in [0.2, 0.25) is 0 Å². The molecular formula is C13H26N2. The van der Waals surface area contributed by atoms with Crippen LogP contribution in [-0.4, -0.2) is 38.1 Å². The molecule has 0 spiro atoms. The maximum atomic E-state index is 3.59. The molecule has 0 heterocycles. The van der Waals surface area contributed by atoms with Crippen LogP contribution in [-0.2, 0) is 0 Å². The van der Waals surface area contributed by atoms with Crippen LogP contribution in [0.4, 0.5) is 0 Å². The highest BCUT2D eigenvalue weighted by atomic mass is 15.1. The molecule has 88 valence electrons. The summed E-state index contributed by atoms with van der Waals surface area (Å²) < 4.78 is 0. The molecule has 2 heteroatoms. The van der Waals surface area contributed by atoms with E-state index in [1.807, 2.05) is 6.92 Å². The molecule has 0 bridgehead atoms. The lowest BCUT2D eigenvalue weighted by atomic mass is 10.1. The van der Waals surface area contributed by atoms with Crippen molar-refractivity contribution in [1.82, 2.24) is 10.2 Å². The van der Waals surface area contributed by atoms with Gasteiger partial charge in [-0.15, -0.1) is 11.8 Å². The van der Waals surface area contributed by atoms with Gasteiger partial charge in [-0.25, -0.2) is 0 Å². The molecule has 2 nitrogen and oxygen atoms in total. The van der Waals surface area contributed by atoms with Gasteiger partial charge in [-0.2, -0.15) is 0 Å². The van der Waals surface area contributed by atoms with Gasteiger partial charge >= 0.3 is 0 Å². The van der Waals surface area contributed by atoms with Gasteiger partial charge in [0.05, 0.1) is 0 Å². The molecule has 1 atom stereocenters. The van der Waals surface area contributed by atoms with Crippen molar-refractivity contribution in [3.63, 3.8) is 0 Å². The first-order valence-corrected chi connectivity index (χ1v) is 5.98. The van der Waals surface area contributed by atoms with Crippen LogP contribution in [0.5, 0.6) is 0 Å². The maximum absolute atomic E-state index is 3.59. The lowest BCUT2D eigenvalue weighted by molar-refractivity contribution is 0.350. The average Bonchev–Trinajstić information content (AvgIpc) is 2.21. The molecule has 0 rings (SSSR count). The molecule has 0 aromatic carbocycles. The van der Waals surface area contributed by atoms with Crippen LogP contribution < -0.4 is 5.32 Å². The zero-order chi connectivity index (χ0) is 11.5. The highest BCUT2D eigenvalue weighted by molar-refractivity contribution is 4.95. The molecular weight excluding hydrogens is 184 g/mol. The Bertz CT molecular complexity index is 188. The molecule has 0 aliphatic heterocycles. The SMILES string of the molecule is CC#CCCC(CCN(C)C)NCCC. The summed E-state index contributed by atoms with van der Waals surface area (Å²) >= 11 is 0. The second-order valence-electron chi connectivity index (χ2n) is 4.21. The molecule has 0 fully saturated rings. The van der Waals surface area contributed by atoms with Gasteiger partial charge in [-0.1, -0.05) is 6.92 Å². The van der Waals surface area contributed by atoms with Gasteiger partial charge in [-0.3, -0.25) is 0 Å². The first-order valence-electron chi connectivity index (χ1n) is 5.98. The van der Waals surface area contributed by atoms with E-state index in [-0.39, 0.29) is 0 Å². The Kier molecular flexibility index (Phi) is 9.67. The molecule has 0 aromatic rings. The number of hydrogen-bond donors (Lipinski definition) is 1. The lowest BCUT2D eigenvalue weighted by Crippen LogP contribution is -2.32. The number of rotatable bonds is 8. The van der Waals surface area contributed by atoms with Crippen molar-refractivity contribution in [3.8, 4) is 11.8 Å². The monoisotopic (exact) mass is 210 g/mol. The van der Waals surface area contributed by atoms with Crippen molar-refractivity contribution in [2.45, 2.75) is 45.6 Å². The number of hydrogen-bond acceptors (Lipinski definition) is 2. The van der Waals surface area contributed by atoms with Crippen LogP contribution >= 0.6 is 0 Å². The van der Waals surface area contributed by atoms with Gasteiger partial charge in [0.25, 0.3) is 0 Å². The first-order chi connectivity index (χ1) is 7.20. The summed E-state index contributed by atoms with van der Waals surface area (Å²) in [5.41, 5.74) is 0. The summed E-state index contributed by atoms with van der Waals surface area (Å²) in [5.74, 6) is 6.10. The van der Waals surface area contributed by atoms with E-state index in [4.69, 9.17) is 0 Å². The Labute approximate surface area is 95.4 Å². The van der Waals surface area contributed by atoms with E-state index in [1.54, 1.807) is 0 Å². The van der Waals surface area contributed by atoms with E-state index in [9.17, 15) is 0 Å². The van der Waals surface area contributed by atoms with Crippen molar-refractivity contribution in [2.75, 3.05) is 27.2 Å². The van der Waals surface area contributed by atoms with Crippen LogP contribution in [0.3, 0.4) is 0 Å². The van der Waals surface area contributed by atoms with Crippen LogP contribution in [0, 0.1) is 11.8 Å². The lowest BCUT2D eigenvalue weighted by Gasteiger charge is -2.19. The molecule has 0 aromatic heterocycles. The zero-order valence-corrected chi connectivity index (χ0v) is 10.8. The summed E-state index contributed by atoms with van der Waals surface area (Å²) in [6, 6.07) is 0.633. The Balaban J connectivity index is 3.76. The Morgan fingerprint density at radius 1 is 1.27 bits per heavy atom. The van der Waals surface area contributed by atoms with Gasteiger partial charge in [-0.05, 0) is 53.4 Å². The van der Waals surface area contributed by atoms with E-state index < -0.39 is 0 Å². The van der Waals surface area contributed by atoms with Crippen molar-refractivity contribution in [3.05, 3.63) is 0 Å². The van der Waals surface area contributed by atoms with Crippen molar-refractivity contribution < 1.29 is 0 Å². The topological polar surface area (TPSA) is 15.3 Å². The Morgan fingerprint density at radius 2 is 2.00 bits per heavy atom. The predicted octanol–water partition coefficient (Wildman–Crippen LogP) is 2.11. The summed E-state index contributed by atoms with van der Waals surface area (Å²) in [5, 5.41) is 3.59. The minimum absolute atomic E-state index is 0.633. The minimum Gasteiger partial charge on any atom is -0.314 e. The minimum atomic E-state index is 0.633. The Hall–Kier alpha value is -0.520. The van der Waals surface area contributed by atoms with Gasteiger partial charge in [0.1, 0.15) is 0 Å². The standard InChI is InChI=1S/C13H26N2/c1-5-7-8-9-13(14-11-6-2)10-12-15(3)4/h13-14H,6,8-12H2,1-4H3. The summed E-state index contributed by atoms with van der Waals surface area (Å²) in [4.78, 5) is 2.24. The summed E-state index contributed by atoms with van der Waals surface area (Å²) in [6.45, 7) is 6.40. The molecule has 0 saturated heterocycles. The van der Waals surface area contributed by atoms with E-state index in [0.717, 1.165) is 19.5 Å². The zero-order valence-electron chi connectivity index (χ0n) is 10.8. The van der Waals surface area contributed by atoms with Crippen LogP contribution in [0.1, 0.15) is 39.5 Å². The quantitative estimate of drug-likeness (QED) is 0.617. The van der Waals surface area contributed by atoms with Gasteiger partial charge in [0, 0.05) is 12.5 Å². The second-order valence-corrected chi connectivity index (χ2v) is 4.21. The second kappa shape index (κ2) is 10.0. The van der Waals surface area contributed by atoms with Gasteiger partial charge in [0.15, 0.2) is 0 Å². The molecule has 0 radical (unpaired) electrons. The van der Waals surface area contributed by atoms with E-state index in [0.29, 0.717) is 6.04 Å². The van der Waals surface area contributed by atoms with Crippen molar-refractivity contribution in [2.24, 2.45) is 0 Å². The van der Waals surface area contributed by atoms with Crippen LogP contribution in [0.25, 0.3) is 0 Å². The number of nitrogens with zero attached hydrogens (tertiary/aromatic N) is 1. The third-order valence-corrected chi connectivity index (χ3v) is 2.40. The van der Waals surface area contributed by atoms with Crippen molar-refractivity contribution >= 4 is 0 Å². The van der Waals surface area contributed by atoms with Gasteiger partial charge in [0.2, 0.25) is 0 Å². The predicted molar refractivity (Wildman–Crippen MR) is 67.9 cm³/mol. The molecule has 1 unspecified atom stereocenters. The normalized spacial score (nSPS) is 12.3. The molecule has 15 heavy (non-hydrogen) atoms. The molecule has 0 aliphatic carbocycles. The van der Waals surface area contributed by atoms with Crippen LogP contribution in [0.15, 0.2) is 0 Å². The maximum Gasteiger partial charge on any atom is 0.0103 e. The highest BCUT2D eigenvalue weighted by Gasteiger charge is 2.06. The van der Waals surface area contributed by atoms with E-state index >= 15 is 0 Å². The summed E-state index contributed by atoms with van der Waals surface area (Å²) in [7, 11) is 4.26. The fraction of sp³-hybridized carbons (Fsp3) is 0.846. The van der Waals surface area contributed by atoms with Crippen molar-refractivity contribution in [1.29, 1.82) is 0 Å². The third kappa shape index (κ3) is 9.78. The Morgan fingerprint density at radius 3 is 2.53 bits per heavy atom. The van der Waals surface area contributed by atoms with Gasteiger partial charge < -0.3 is 10.2 Å². The first kappa shape index (κ1) is 14.5. The summed E-state index contributed by atoms with van der Waals surface area (Å²) in [6.07, 6.45) is 4.62. The third-order valence-electron chi connectivity index (χ3n) is 2.40. The molecule has 0 aliphatic rings.